The molecule has 9 nitrogen and oxygen atoms in total. The Morgan fingerprint density at radius 3 is 2.71 bits per heavy atom. The number of hydrogen-bond donors (Lipinski definition) is 4. The molecule has 4 N–H and O–H groups in total. The van der Waals surface area contributed by atoms with Crippen LogP contribution >= 0.6 is 0 Å². The van der Waals surface area contributed by atoms with Crippen LogP contribution in [-0.2, 0) is 0 Å². The molecule has 12 heteroatoms. The summed E-state index contributed by atoms with van der Waals surface area (Å²) in [7, 11) is 0. The molecule has 0 aliphatic heterocycles. The Bertz CT molecular complexity index is 1040. The topological polar surface area (TPSA) is 129 Å². The zero-order chi connectivity index (χ0) is 22.2. The summed E-state index contributed by atoms with van der Waals surface area (Å²) in [6.07, 6.45) is -1.23. The number of nitrogens with one attached hydrogen (secondary N) is 2. The molecule has 4 rings (SSSR count). The SMILES string of the molecule is Cc1nc(NCC(F)(F)F)nc(N[C@@H]2C[C@H](CO)C[C@H]2O)c1-c1nc2cnccc2o1. The van der Waals surface area contributed by atoms with Gasteiger partial charge in [-0.25, -0.2) is 9.97 Å². The molecule has 0 unspecified atom stereocenters. The molecular formula is C19H21F3N6O3. The highest BCUT2D eigenvalue weighted by Crippen LogP contribution is 2.35. The molecule has 3 aromatic rings. The molecule has 0 amide bonds. The van der Waals surface area contributed by atoms with Crippen LogP contribution in [0.3, 0.4) is 0 Å². The Balaban J connectivity index is 1.73. The number of oxazole rings is 1. The maximum Gasteiger partial charge on any atom is 0.405 e. The minimum Gasteiger partial charge on any atom is -0.436 e. The molecule has 0 bridgehead atoms. The van der Waals surface area contributed by atoms with Crippen molar-refractivity contribution in [2.24, 2.45) is 5.92 Å². The third-order valence-corrected chi connectivity index (χ3v) is 5.15. The third kappa shape index (κ3) is 4.69. The number of rotatable bonds is 6. The highest BCUT2D eigenvalue weighted by Gasteiger charge is 2.34. The smallest absolute Gasteiger partial charge is 0.405 e. The lowest BCUT2D eigenvalue weighted by atomic mass is 10.1. The summed E-state index contributed by atoms with van der Waals surface area (Å²) in [5.74, 6) is 0.0538. The second-order valence-corrected chi connectivity index (χ2v) is 7.53. The van der Waals surface area contributed by atoms with Crippen LogP contribution in [0.2, 0.25) is 0 Å². The number of halogens is 3. The van der Waals surface area contributed by atoms with E-state index < -0.39 is 24.9 Å². The molecule has 3 aromatic heterocycles. The van der Waals surface area contributed by atoms with Crippen molar-refractivity contribution in [2.45, 2.75) is 38.1 Å². The molecule has 166 valence electrons. The van der Waals surface area contributed by atoms with Crippen molar-refractivity contribution in [1.29, 1.82) is 0 Å². The van der Waals surface area contributed by atoms with Crippen LogP contribution in [0.15, 0.2) is 22.9 Å². The van der Waals surface area contributed by atoms with Crippen LogP contribution in [0.1, 0.15) is 18.5 Å². The van der Waals surface area contributed by atoms with Crippen LogP contribution in [0, 0.1) is 12.8 Å². The highest BCUT2D eigenvalue weighted by atomic mass is 19.4. The lowest BCUT2D eigenvalue weighted by molar-refractivity contribution is -0.115. The van der Waals surface area contributed by atoms with E-state index in [0.717, 1.165) is 0 Å². The second kappa shape index (κ2) is 8.27. The molecule has 0 spiro atoms. The van der Waals surface area contributed by atoms with Crippen LogP contribution in [-0.4, -0.2) is 61.6 Å². The van der Waals surface area contributed by atoms with Crippen molar-refractivity contribution in [3.05, 3.63) is 24.2 Å². The maximum absolute atomic E-state index is 12.6. The predicted molar refractivity (Wildman–Crippen MR) is 105 cm³/mol. The maximum atomic E-state index is 12.6. The number of pyridine rings is 1. The fraction of sp³-hybridized carbons (Fsp3) is 0.474. The first-order valence-corrected chi connectivity index (χ1v) is 9.69. The van der Waals surface area contributed by atoms with Gasteiger partial charge in [0.15, 0.2) is 5.58 Å². The van der Waals surface area contributed by atoms with Gasteiger partial charge >= 0.3 is 6.18 Å². The number of aliphatic hydroxyl groups is 2. The average molecular weight is 438 g/mol. The molecular weight excluding hydrogens is 417 g/mol. The number of aromatic nitrogens is 4. The van der Waals surface area contributed by atoms with Crippen LogP contribution in [0.5, 0.6) is 0 Å². The monoisotopic (exact) mass is 438 g/mol. The van der Waals surface area contributed by atoms with Crippen molar-refractivity contribution in [3.63, 3.8) is 0 Å². The Hall–Kier alpha value is -2.99. The van der Waals surface area contributed by atoms with Gasteiger partial charge in [0.1, 0.15) is 23.4 Å². The van der Waals surface area contributed by atoms with E-state index >= 15 is 0 Å². The third-order valence-electron chi connectivity index (χ3n) is 5.15. The molecule has 3 atom stereocenters. The van der Waals surface area contributed by atoms with Crippen molar-refractivity contribution in [2.75, 3.05) is 23.8 Å². The van der Waals surface area contributed by atoms with Gasteiger partial charge in [-0.15, -0.1) is 0 Å². The number of hydrogen-bond acceptors (Lipinski definition) is 9. The number of nitrogens with zero attached hydrogens (tertiary/aromatic N) is 4. The minimum absolute atomic E-state index is 0.0680. The predicted octanol–water partition coefficient (Wildman–Crippen LogP) is 2.51. The number of anilines is 2. The summed E-state index contributed by atoms with van der Waals surface area (Å²) < 4.78 is 43.7. The molecule has 0 radical (unpaired) electrons. The van der Waals surface area contributed by atoms with Gasteiger partial charge in [-0.1, -0.05) is 0 Å². The van der Waals surface area contributed by atoms with Gasteiger partial charge in [-0.3, -0.25) is 4.98 Å². The van der Waals surface area contributed by atoms with E-state index in [4.69, 9.17) is 4.42 Å². The molecule has 1 aliphatic rings. The number of fused-ring (bicyclic) bond motifs is 1. The standard InChI is InChI=1S/C19H21F3N6O3/c1-9-15(17-27-12-6-23-3-2-14(12)31-17)16(26-11-4-10(7-29)5-13(11)30)28-18(25-9)24-8-19(20,21)22/h2-3,6,10-11,13,29-30H,4-5,7-8H2,1H3,(H2,24,25,26,28)/t10-,11+,13+/m0/s1. The highest BCUT2D eigenvalue weighted by molar-refractivity contribution is 5.80. The zero-order valence-electron chi connectivity index (χ0n) is 16.5. The van der Waals surface area contributed by atoms with Crippen LogP contribution in [0.4, 0.5) is 24.9 Å². The number of aliphatic hydroxyl groups excluding tert-OH is 2. The fourth-order valence-electron chi connectivity index (χ4n) is 3.68. The number of aryl methyl sites for hydroxylation is 1. The summed E-state index contributed by atoms with van der Waals surface area (Å²) in [5, 5.41) is 25.0. The largest absolute Gasteiger partial charge is 0.436 e. The van der Waals surface area contributed by atoms with Crippen molar-refractivity contribution >= 4 is 22.9 Å². The van der Waals surface area contributed by atoms with Crippen LogP contribution < -0.4 is 10.6 Å². The lowest BCUT2D eigenvalue weighted by Crippen LogP contribution is -2.29. The van der Waals surface area contributed by atoms with Crippen molar-refractivity contribution in [1.82, 2.24) is 19.9 Å². The average Bonchev–Trinajstić information content (AvgIpc) is 3.28. The van der Waals surface area contributed by atoms with E-state index in [1.54, 1.807) is 19.2 Å². The first kappa shape index (κ1) is 21.2. The van der Waals surface area contributed by atoms with E-state index in [0.29, 0.717) is 35.2 Å². The van der Waals surface area contributed by atoms with Gasteiger partial charge in [0.05, 0.1) is 24.0 Å². The Kier molecular flexibility index (Phi) is 5.67. The summed E-state index contributed by atoms with van der Waals surface area (Å²) in [6, 6.07) is 1.19. The minimum atomic E-state index is -4.44. The van der Waals surface area contributed by atoms with E-state index in [2.05, 4.69) is 30.6 Å². The molecule has 1 saturated carbocycles. The van der Waals surface area contributed by atoms with Gasteiger partial charge in [0.25, 0.3) is 0 Å². The first-order valence-electron chi connectivity index (χ1n) is 9.69. The Labute approximate surface area is 174 Å². The Morgan fingerprint density at radius 2 is 2.03 bits per heavy atom. The van der Waals surface area contributed by atoms with Crippen molar-refractivity contribution < 1.29 is 27.8 Å². The summed E-state index contributed by atoms with van der Waals surface area (Å²) in [4.78, 5) is 16.7. The molecule has 0 aromatic carbocycles. The van der Waals surface area contributed by atoms with Crippen LogP contribution in [0.25, 0.3) is 22.6 Å². The molecule has 1 aliphatic carbocycles. The number of alkyl halides is 3. The molecule has 3 heterocycles. The first-order chi connectivity index (χ1) is 14.7. The van der Waals surface area contributed by atoms with E-state index in [1.165, 1.54) is 6.20 Å². The van der Waals surface area contributed by atoms with Gasteiger partial charge < -0.3 is 25.3 Å². The fourth-order valence-corrected chi connectivity index (χ4v) is 3.68. The van der Waals surface area contributed by atoms with Gasteiger partial charge in [0, 0.05) is 18.9 Å². The molecule has 31 heavy (non-hydrogen) atoms. The Morgan fingerprint density at radius 1 is 1.23 bits per heavy atom. The summed E-state index contributed by atoms with van der Waals surface area (Å²) >= 11 is 0. The van der Waals surface area contributed by atoms with E-state index in [-0.39, 0.29) is 30.2 Å². The van der Waals surface area contributed by atoms with Gasteiger partial charge in [-0.05, 0) is 25.7 Å². The molecule has 0 saturated heterocycles. The second-order valence-electron chi connectivity index (χ2n) is 7.53. The lowest BCUT2D eigenvalue weighted by Gasteiger charge is -2.20. The summed E-state index contributed by atoms with van der Waals surface area (Å²) in [5.41, 5.74) is 1.69. The van der Waals surface area contributed by atoms with Crippen molar-refractivity contribution in [3.8, 4) is 11.5 Å². The summed E-state index contributed by atoms with van der Waals surface area (Å²) in [6.45, 7) is 0.246. The molecule has 1 fully saturated rings. The van der Waals surface area contributed by atoms with Gasteiger partial charge in [-0.2, -0.15) is 18.2 Å². The van der Waals surface area contributed by atoms with Gasteiger partial charge in [0.2, 0.25) is 11.8 Å². The van der Waals surface area contributed by atoms with E-state index in [1.807, 2.05) is 0 Å². The normalized spacial score (nSPS) is 21.5. The quantitative estimate of drug-likeness (QED) is 0.459. The van der Waals surface area contributed by atoms with E-state index in [9.17, 15) is 23.4 Å². The zero-order valence-corrected chi connectivity index (χ0v) is 16.5.